The quantitative estimate of drug-likeness (QED) is 0.373. The lowest BCUT2D eigenvalue weighted by Crippen LogP contribution is -2.40. The number of hydrogen-bond donors (Lipinski definition) is 1. The molecule has 1 aromatic carbocycles. The molecule has 27 heavy (non-hydrogen) atoms. The fraction of sp³-hybridized carbons (Fsp3) is 0.500. The molecular formula is C20H30IN5S. The average Bonchev–Trinajstić information content (AvgIpc) is 3.29. The molecule has 2 heterocycles. The van der Waals surface area contributed by atoms with E-state index >= 15 is 0 Å². The Balaban J connectivity index is 0.00000261. The van der Waals surface area contributed by atoms with Crippen LogP contribution in [0.1, 0.15) is 24.6 Å². The van der Waals surface area contributed by atoms with Crippen molar-refractivity contribution >= 4 is 46.4 Å². The van der Waals surface area contributed by atoms with Gasteiger partial charge in [-0.15, -0.1) is 35.3 Å². The van der Waals surface area contributed by atoms with Crippen molar-refractivity contribution in [3.05, 3.63) is 47.0 Å². The third-order valence-electron chi connectivity index (χ3n) is 4.60. The standard InChI is InChI=1S/C20H29N5S.HI/c1-4-21-19(22-13-18-15-26-20(23-18)24(2)3)25-11-10-17(14-25)12-16-8-6-5-7-9-16;/h5-9,15,17H,4,10-14H2,1-3H3,(H,21,22);1H. The van der Waals surface area contributed by atoms with Gasteiger partial charge in [-0.3, -0.25) is 0 Å². The number of anilines is 1. The first-order valence-electron chi connectivity index (χ1n) is 9.34. The number of rotatable bonds is 6. The van der Waals surface area contributed by atoms with Crippen molar-refractivity contribution in [2.45, 2.75) is 26.3 Å². The van der Waals surface area contributed by atoms with Crippen LogP contribution >= 0.6 is 35.3 Å². The number of benzene rings is 1. The van der Waals surface area contributed by atoms with Gasteiger partial charge < -0.3 is 15.1 Å². The van der Waals surface area contributed by atoms with E-state index in [1.807, 2.05) is 19.0 Å². The molecule has 1 atom stereocenters. The molecule has 1 fully saturated rings. The maximum Gasteiger partial charge on any atom is 0.194 e. The number of thiazole rings is 1. The molecule has 0 radical (unpaired) electrons. The van der Waals surface area contributed by atoms with Crippen LogP contribution in [0, 0.1) is 5.92 Å². The number of halogens is 1. The molecule has 3 rings (SSSR count). The second-order valence-electron chi connectivity index (χ2n) is 6.98. The number of nitrogens with zero attached hydrogens (tertiary/aromatic N) is 4. The van der Waals surface area contributed by atoms with Gasteiger partial charge in [-0.1, -0.05) is 30.3 Å². The first-order chi connectivity index (χ1) is 12.7. The number of likely N-dealkylation sites (tertiary alicyclic amines) is 1. The van der Waals surface area contributed by atoms with Gasteiger partial charge in [0.2, 0.25) is 0 Å². The normalized spacial score (nSPS) is 16.9. The number of guanidine groups is 1. The molecule has 1 saturated heterocycles. The Morgan fingerprint density at radius 3 is 2.78 bits per heavy atom. The predicted molar refractivity (Wildman–Crippen MR) is 126 cm³/mol. The van der Waals surface area contributed by atoms with E-state index in [1.54, 1.807) is 11.3 Å². The monoisotopic (exact) mass is 499 g/mol. The van der Waals surface area contributed by atoms with E-state index in [0.29, 0.717) is 12.5 Å². The Kier molecular flexibility index (Phi) is 8.82. The number of aromatic nitrogens is 1. The van der Waals surface area contributed by atoms with Crippen LogP contribution in [0.3, 0.4) is 0 Å². The molecule has 1 unspecified atom stereocenters. The van der Waals surface area contributed by atoms with Crippen molar-refractivity contribution in [3.63, 3.8) is 0 Å². The van der Waals surface area contributed by atoms with Gasteiger partial charge in [0.05, 0.1) is 12.2 Å². The first kappa shape index (κ1) is 21.9. The highest BCUT2D eigenvalue weighted by Gasteiger charge is 2.25. The molecule has 0 aliphatic carbocycles. The molecule has 5 nitrogen and oxygen atoms in total. The van der Waals surface area contributed by atoms with Crippen molar-refractivity contribution in [1.29, 1.82) is 0 Å². The van der Waals surface area contributed by atoms with E-state index in [1.165, 1.54) is 12.0 Å². The van der Waals surface area contributed by atoms with E-state index in [4.69, 9.17) is 4.99 Å². The van der Waals surface area contributed by atoms with Crippen molar-refractivity contribution in [1.82, 2.24) is 15.2 Å². The van der Waals surface area contributed by atoms with Crippen LogP contribution in [0.2, 0.25) is 0 Å². The van der Waals surface area contributed by atoms with E-state index in [9.17, 15) is 0 Å². The number of nitrogens with one attached hydrogen (secondary N) is 1. The average molecular weight is 499 g/mol. The second kappa shape index (κ2) is 10.8. The Morgan fingerprint density at radius 2 is 2.11 bits per heavy atom. The van der Waals surface area contributed by atoms with Crippen LogP contribution in [0.5, 0.6) is 0 Å². The van der Waals surface area contributed by atoms with Crippen molar-refractivity contribution < 1.29 is 0 Å². The van der Waals surface area contributed by atoms with E-state index < -0.39 is 0 Å². The minimum Gasteiger partial charge on any atom is -0.357 e. The second-order valence-corrected chi connectivity index (χ2v) is 7.81. The lowest BCUT2D eigenvalue weighted by molar-refractivity contribution is 0.460. The molecule has 2 aromatic rings. The molecule has 0 spiro atoms. The van der Waals surface area contributed by atoms with E-state index in [-0.39, 0.29) is 24.0 Å². The SMILES string of the molecule is CCNC(=NCc1csc(N(C)C)n1)N1CCC(Cc2ccccc2)C1.I. The van der Waals surface area contributed by atoms with Gasteiger partial charge in [0.1, 0.15) is 0 Å². The number of aliphatic imine (C=N–C) groups is 1. The molecular weight excluding hydrogens is 469 g/mol. The van der Waals surface area contributed by atoms with Gasteiger partial charge in [0.25, 0.3) is 0 Å². The van der Waals surface area contributed by atoms with Gasteiger partial charge in [0, 0.05) is 39.1 Å². The summed E-state index contributed by atoms with van der Waals surface area (Å²) in [6.45, 7) is 5.79. The van der Waals surface area contributed by atoms with Crippen LogP contribution < -0.4 is 10.2 Å². The third-order valence-corrected chi connectivity index (χ3v) is 5.66. The van der Waals surface area contributed by atoms with Crippen molar-refractivity contribution in [3.8, 4) is 0 Å². The summed E-state index contributed by atoms with van der Waals surface area (Å²) in [6, 6.07) is 10.8. The maximum absolute atomic E-state index is 4.84. The zero-order valence-electron chi connectivity index (χ0n) is 16.4. The fourth-order valence-corrected chi connectivity index (χ4v) is 4.04. The van der Waals surface area contributed by atoms with Gasteiger partial charge in [-0.2, -0.15) is 0 Å². The molecule has 7 heteroatoms. The lowest BCUT2D eigenvalue weighted by atomic mass is 9.99. The Labute approximate surface area is 183 Å². The fourth-order valence-electron chi connectivity index (χ4n) is 3.30. The molecule has 0 saturated carbocycles. The first-order valence-corrected chi connectivity index (χ1v) is 10.2. The lowest BCUT2D eigenvalue weighted by Gasteiger charge is -2.21. The van der Waals surface area contributed by atoms with Gasteiger partial charge in [-0.05, 0) is 31.2 Å². The molecule has 0 bridgehead atoms. The van der Waals surface area contributed by atoms with Crippen LogP contribution in [-0.2, 0) is 13.0 Å². The number of hydrogen-bond acceptors (Lipinski definition) is 4. The topological polar surface area (TPSA) is 43.8 Å². The van der Waals surface area contributed by atoms with Crippen LogP contribution in [0.4, 0.5) is 5.13 Å². The minimum absolute atomic E-state index is 0. The molecule has 1 aliphatic heterocycles. The maximum atomic E-state index is 4.84. The Hall–Kier alpha value is -1.35. The van der Waals surface area contributed by atoms with Crippen LogP contribution in [0.25, 0.3) is 0 Å². The Bertz CT molecular complexity index is 716. The molecule has 1 aromatic heterocycles. The summed E-state index contributed by atoms with van der Waals surface area (Å²) in [7, 11) is 4.04. The van der Waals surface area contributed by atoms with Crippen LogP contribution in [-0.4, -0.2) is 49.6 Å². The summed E-state index contributed by atoms with van der Waals surface area (Å²) >= 11 is 1.67. The largest absolute Gasteiger partial charge is 0.357 e. The molecule has 1 N–H and O–H groups in total. The van der Waals surface area contributed by atoms with Crippen molar-refractivity contribution in [2.24, 2.45) is 10.9 Å². The van der Waals surface area contributed by atoms with Crippen LogP contribution in [0.15, 0.2) is 40.7 Å². The summed E-state index contributed by atoms with van der Waals surface area (Å²) < 4.78 is 0. The highest BCUT2D eigenvalue weighted by molar-refractivity contribution is 14.0. The van der Waals surface area contributed by atoms with E-state index in [0.717, 1.165) is 42.8 Å². The smallest absolute Gasteiger partial charge is 0.194 e. The molecule has 1 aliphatic rings. The van der Waals surface area contributed by atoms with Gasteiger partial charge in [-0.25, -0.2) is 9.98 Å². The minimum atomic E-state index is 0. The van der Waals surface area contributed by atoms with Gasteiger partial charge in [0.15, 0.2) is 11.1 Å². The zero-order valence-corrected chi connectivity index (χ0v) is 19.5. The van der Waals surface area contributed by atoms with Crippen molar-refractivity contribution in [2.75, 3.05) is 38.6 Å². The third kappa shape index (κ3) is 6.34. The highest BCUT2D eigenvalue weighted by Crippen LogP contribution is 2.22. The van der Waals surface area contributed by atoms with E-state index in [2.05, 4.69) is 57.8 Å². The van der Waals surface area contributed by atoms with Gasteiger partial charge >= 0.3 is 0 Å². The predicted octanol–water partition coefficient (Wildman–Crippen LogP) is 3.86. The Morgan fingerprint density at radius 1 is 1.33 bits per heavy atom. The molecule has 148 valence electrons. The molecule has 0 amide bonds. The highest BCUT2D eigenvalue weighted by atomic mass is 127. The summed E-state index contributed by atoms with van der Waals surface area (Å²) in [4.78, 5) is 13.9. The summed E-state index contributed by atoms with van der Waals surface area (Å²) in [5.74, 6) is 1.71. The summed E-state index contributed by atoms with van der Waals surface area (Å²) in [6.07, 6.45) is 2.37. The summed E-state index contributed by atoms with van der Waals surface area (Å²) in [5.41, 5.74) is 2.47. The summed E-state index contributed by atoms with van der Waals surface area (Å²) in [5, 5.41) is 6.58. The zero-order chi connectivity index (χ0) is 18.4.